The van der Waals surface area contributed by atoms with Gasteiger partial charge in [0.1, 0.15) is 6.61 Å². The molecule has 1 amide bonds. The van der Waals surface area contributed by atoms with Crippen LogP contribution in [0.4, 0.5) is 5.69 Å². The van der Waals surface area contributed by atoms with Gasteiger partial charge >= 0.3 is 0 Å². The fraction of sp³-hybridized carbons (Fsp3) is 0.438. The summed E-state index contributed by atoms with van der Waals surface area (Å²) in [6, 6.07) is 5.23. The summed E-state index contributed by atoms with van der Waals surface area (Å²) in [5, 5.41) is 12.1. The molecule has 2 unspecified atom stereocenters. The van der Waals surface area contributed by atoms with Gasteiger partial charge in [-0.15, -0.1) is 0 Å². The normalized spacial score (nSPS) is 26.4. The van der Waals surface area contributed by atoms with Crippen LogP contribution in [0.1, 0.15) is 24.8 Å². The molecule has 0 radical (unpaired) electrons. The predicted octanol–water partition coefficient (Wildman–Crippen LogP) is 2.67. The molecule has 4 heteroatoms. The molecule has 0 saturated heterocycles. The molecule has 0 bridgehead atoms. The molecule has 2 saturated carbocycles. The van der Waals surface area contributed by atoms with Crippen molar-refractivity contribution < 1.29 is 9.90 Å². The van der Waals surface area contributed by atoms with E-state index in [-0.39, 0.29) is 18.4 Å². The molecule has 20 heavy (non-hydrogen) atoms. The number of aliphatic hydroxyl groups is 1. The third kappa shape index (κ3) is 2.82. The molecule has 2 aliphatic rings. The Morgan fingerprint density at radius 2 is 2.10 bits per heavy atom. The van der Waals surface area contributed by atoms with Crippen LogP contribution in [0, 0.1) is 29.6 Å². The molecular weight excluding hydrogens is 274 g/mol. The van der Waals surface area contributed by atoms with Gasteiger partial charge in [-0.1, -0.05) is 23.4 Å². The van der Waals surface area contributed by atoms with Gasteiger partial charge in [0.05, 0.1) is 10.7 Å². The molecule has 0 heterocycles. The molecule has 1 aromatic rings. The van der Waals surface area contributed by atoms with Crippen molar-refractivity contribution in [1.29, 1.82) is 0 Å². The Kier molecular flexibility index (Phi) is 3.69. The highest BCUT2D eigenvalue weighted by Crippen LogP contribution is 2.54. The maximum atomic E-state index is 12.2. The van der Waals surface area contributed by atoms with E-state index in [1.807, 2.05) is 0 Å². The number of carbonyl (C=O) groups is 1. The van der Waals surface area contributed by atoms with Crippen molar-refractivity contribution in [1.82, 2.24) is 0 Å². The van der Waals surface area contributed by atoms with Crippen LogP contribution in [-0.4, -0.2) is 17.6 Å². The summed E-state index contributed by atoms with van der Waals surface area (Å²) < 4.78 is 0. The minimum absolute atomic E-state index is 0.0615. The minimum Gasteiger partial charge on any atom is -0.384 e. The number of fused-ring (bicyclic) bond motifs is 1. The summed E-state index contributed by atoms with van der Waals surface area (Å²) in [6.07, 6.45) is 3.33. The summed E-state index contributed by atoms with van der Waals surface area (Å²) in [6.45, 7) is -0.185. The molecule has 0 aliphatic heterocycles. The van der Waals surface area contributed by atoms with Crippen LogP contribution in [0.5, 0.6) is 0 Å². The highest BCUT2D eigenvalue weighted by molar-refractivity contribution is 6.33. The molecule has 0 aromatic heterocycles. The number of carbonyl (C=O) groups excluding carboxylic acids is 1. The maximum absolute atomic E-state index is 12.2. The van der Waals surface area contributed by atoms with Crippen LogP contribution in [0.2, 0.25) is 5.02 Å². The monoisotopic (exact) mass is 289 g/mol. The number of hydrogen-bond donors (Lipinski definition) is 2. The molecule has 2 fully saturated rings. The Labute approximate surface area is 123 Å². The van der Waals surface area contributed by atoms with Crippen molar-refractivity contribution in [2.24, 2.45) is 17.8 Å². The lowest BCUT2D eigenvalue weighted by atomic mass is 10.0. The van der Waals surface area contributed by atoms with Crippen molar-refractivity contribution in [3.8, 4) is 11.8 Å². The van der Waals surface area contributed by atoms with Gasteiger partial charge in [-0.2, -0.15) is 0 Å². The summed E-state index contributed by atoms with van der Waals surface area (Å²) in [5.41, 5.74) is 1.33. The number of benzene rings is 1. The zero-order valence-electron chi connectivity index (χ0n) is 11.0. The smallest absolute Gasteiger partial charge is 0.227 e. The van der Waals surface area contributed by atoms with E-state index in [1.165, 1.54) is 6.42 Å². The van der Waals surface area contributed by atoms with Gasteiger partial charge in [0.25, 0.3) is 0 Å². The Morgan fingerprint density at radius 3 is 2.80 bits per heavy atom. The van der Waals surface area contributed by atoms with E-state index < -0.39 is 0 Å². The fourth-order valence-corrected chi connectivity index (χ4v) is 3.17. The third-order valence-corrected chi connectivity index (χ3v) is 4.48. The lowest BCUT2D eigenvalue weighted by molar-refractivity contribution is -0.120. The Balaban J connectivity index is 1.70. The van der Waals surface area contributed by atoms with Crippen LogP contribution < -0.4 is 5.32 Å². The largest absolute Gasteiger partial charge is 0.384 e. The first-order chi connectivity index (χ1) is 9.67. The second-order valence-corrected chi connectivity index (χ2v) is 5.98. The Bertz CT molecular complexity index is 592. The van der Waals surface area contributed by atoms with Crippen LogP contribution in [0.25, 0.3) is 0 Å². The highest BCUT2D eigenvalue weighted by atomic mass is 35.5. The third-order valence-electron chi connectivity index (χ3n) is 4.15. The molecule has 0 spiro atoms. The zero-order valence-corrected chi connectivity index (χ0v) is 11.8. The van der Waals surface area contributed by atoms with Crippen LogP contribution >= 0.6 is 11.6 Å². The molecule has 1 aromatic carbocycles. The number of hydrogen-bond acceptors (Lipinski definition) is 2. The van der Waals surface area contributed by atoms with E-state index in [1.54, 1.807) is 18.2 Å². The molecular formula is C16H16ClNO2. The molecule has 2 N–H and O–H groups in total. The Morgan fingerprint density at radius 1 is 1.35 bits per heavy atom. The Hall–Kier alpha value is -1.50. The maximum Gasteiger partial charge on any atom is 0.227 e. The molecule has 3 nitrogen and oxygen atoms in total. The second-order valence-electron chi connectivity index (χ2n) is 5.57. The summed E-state index contributed by atoms with van der Waals surface area (Å²) in [5.74, 6) is 7.14. The topological polar surface area (TPSA) is 49.3 Å². The number of amides is 1. The van der Waals surface area contributed by atoms with E-state index >= 15 is 0 Å². The van der Waals surface area contributed by atoms with E-state index in [0.29, 0.717) is 10.7 Å². The van der Waals surface area contributed by atoms with E-state index in [4.69, 9.17) is 16.7 Å². The van der Waals surface area contributed by atoms with E-state index in [2.05, 4.69) is 17.2 Å². The van der Waals surface area contributed by atoms with Gasteiger partial charge in [0, 0.05) is 11.5 Å². The summed E-state index contributed by atoms with van der Waals surface area (Å²) >= 11 is 6.11. The van der Waals surface area contributed by atoms with Gasteiger partial charge < -0.3 is 10.4 Å². The van der Waals surface area contributed by atoms with Crippen molar-refractivity contribution in [2.45, 2.75) is 19.3 Å². The lowest BCUT2D eigenvalue weighted by Crippen LogP contribution is -2.21. The van der Waals surface area contributed by atoms with Crippen LogP contribution in [0.3, 0.4) is 0 Å². The number of rotatable bonds is 2. The first kappa shape index (κ1) is 13.5. The fourth-order valence-electron chi connectivity index (χ4n) is 3.00. The average Bonchev–Trinajstić information content (AvgIpc) is 3.06. The van der Waals surface area contributed by atoms with Crippen molar-refractivity contribution in [2.75, 3.05) is 11.9 Å². The molecule has 3 rings (SSSR count). The van der Waals surface area contributed by atoms with Gasteiger partial charge in [0.2, 0.25) is 5.91 Å². The van der Waals surface area contributed by atoms with Crippen molar-refractivity contribution in [3.05, 3.63) is 28.8 Å². The van der Waals surface area contributed by atoms with Gasteiger partial charge in [-0.25, -0.2) is 0 Å². The van der Waals surface area contributed by atoms with E-state index in [0.717, 1.165) is 30.2 Å². The highest BCUT2D eigenvalue weighted by Gasteiger charge is 2.48. The van der Waals surface area contributed by atoms with Gasteiger partial charge in [0.15, 0.2) is 0 Å². The van der Waals surface area contributed by atoms with Crippen LogP contribution in [-0.2, 0) is 4.79 Å². The number of nitrogens with one attached hydrogen (secondary N) is 1. The number of aliphatic hydroxyl groups excluding tert-OH is 1. The minimum atomic E-state index is -0.185. The summed E-state index contributed by atoms with van der Waals surface area (Å²) in [4.78, 5) is 12.2. The number of anilines is 1. The lowest BCUT2D eigenvalue weighted by Gasteiger charge is -2.13. The summed E-state index contributed by atoms with van der Waals surface area (Å²) in [7, 11) is 0. The quantitative estimate of drug-likeness (QED) is 0.823. The molecule has 2 atom stereocenters. The zero-order chi connectivity index (χ0) is 14.1. The first-order valence-electron chi connectivity index (χ1n) is 6.87. The standard InChI is InChI=1S/C16H16ClNO2/c17-14-4-3-10(2-1-5-19)6-15(14)18-16(20)13-8-11-7-12(11)9-13/h3-4,6,11-13,19H,5,7-9H2,(H,18,20). The average molecular weight is 290 g/mol. The predicted molar refractivity (Wildman–Crippen MR) is 78.4 cm³/mol. The SMILES string of the molecule is O=C(Nc1cc(C#CCO)ccc1Cl)C1CC2CC2C1. The van der Waals surface area contributed by atoms with Crippen LogP contribution in [0.15, 0.2) is 18.2 Å². The van der Waals surface area contributed by atoms with Gasteiger partial charge in [-0.3, -0.25) is 4.79 Å². The van der Waals surface area contributed by atoms with E-state index in [9.17, 15) is 4.79 Å². The van der Waals surface area contributed by atoms with Crippen molar-refractivity contribution >= 4 is 23.2 Å². The molecule has 2 aliphatic carbocycles. The molecule has 104 valence electrons. The van der Waals surface area contributed by atoms with Crippen molar-refractivity contribution in [3.63, 3.8) is 0 Å². The van der Waals surface area contributed by atoms with Gasteiger partial charge in [-0.05, 0) is 49.3 Å². The number of halogens is 1. The first-order valence-corrected chi connectivity index (χ1v) is 7.25. The second kappa shape index (κ2) is 5.47.